The zero-order valence-corrected chi connectivity index (χ0v) is 13.6. The monoisotopic (exact) mass is 320 g/mol. The summed E-state index contributed by atoms with van der Waals surface area (Å²) in [4.78, 5) is 4.38. The number of anilines is 1. The molecule has 0 fully saturated rings. The van der Waals surface area contributed by atoms with Gasteiger partial charge in [-0.15, -0.1) is 0 Å². The first kappa shape index (κ1) is 14.8. The third kappa shape index (κ3) is 2.62. The van der Waals surface area contributed by atoms with Crippen LogP contribution in [0.4, 0.5) is 5.95 Å². The van der Waals surface area contributed by atoms with Crippen molar-refractivity contribution in [1.82, 2.24) is 14.8 Å². The van der Waals surface area contributed by atoms with E-state index in [1.54, 1.807) is 6.33 Å². The standard InChI is InChI=1S/C19H20N4O/c1-2-24-18-11-7-6-10-15(18)17-12-16(14-8-4-3-5-9-14)22-19-20-13-21-23(17)19/h3-11,13,16-17H,2,12H2,1H3,(H,20,21,22). The van der Waals surface area contributed by atoms with Gasteiger partial charge in [-0.3, -0.25) is 0 Å². The average molecular weight is 320 g/mol. The predicted octanol–water partition coefficient (Wildman–Crippen LogP) is 3.82. The van der Waals surface area contributed by atoms with Gasteiger partial charge >= 0.3 is 0 Å². The molecule has 0 spiro atoms. The van der Waals surface area contributed by atoms with E-state index in [4.69, 9.17) is 4.74 Å². The molecule has 1 aliphatic heterocycles. The van der Waals surface area contributed by atoms with Crippen LogP contribution in [0.25, 0.3) is 0 Å². The van der Waals surface area contributed by atoms with Gasteiger partial charge in [0.2, 0.25) is 5.95 Å². The molecule has 122 valence electrons. The Labute approximate surface area is 141 Å². The van der Waals surface area contributed by atoms with Crippen molar-refractivity contribution in [3.05, 3.63) is 72.1 Å². The van der Waals surface area contributed by atoms with Crippen LogP contribution < -0.4 is 10.1 Å². The lowest BCUT2D eigenvalue weighted by atomic mass is 9.93. The smallest absolute Gasteiger partial charge is 0.222 e. The fourth-order valence-corrected chi connectivity index (χ4v) is 3.33. The molecule has 0 aliphatic carbocycles. The van der Waals surface area contributed by atoms with Gasteiger partial charge < -0.3 is 10.1 Å². The lowest BCUT2D eigenvalue weighted by Gasteiger charge is -2.32. The number of hydrogen-bond acceptors (Lipinski definition) is 4. The molecule has 24 heavy (non-hydrogen) atoms. The largest absolute Gasteiger partial charge is 0.494 e. The van der Waals surface area contributed by atoms with Crippen LogP contribution in [0.1, 0.15) is 36.6 Å². The zero-order valence-electron chi connectivity index (χ0n) is 13.6. The highest BCUT2D eigenvalue weighted by Crippen LogP contribution is 2.40. The fourth-order valence-electron chi connectivity index (χ4n) is 3.33. The first-order valence-electron chi connectivity index (χ1n) is 8.29. The van der Waals surface area contributed by atoms with Crippen LogP contribution in [-0.2, 0) is 0 Å². The maximum Gasteiger partial charge on any atom is 0.222 e. The number of fused-ring (bicyclic) bond motifs is 1. The van der Waals surface area contributed by atoms with E-state index in [1.165, 1.54) is 5.56 Å². The molecule has 5 heteroatoms. The molecule has 5 nitrogen and oxygen atoms in total. The van der Waals surface area contributed by atoms with Crippen LogP contribution in [0.3, 0.4) is 0 Å². The van der Waals surface area contributed by atoms with E-state index in [9.17, 15) is 0 Å². The molecule has 2 atom stereocenters. The van der Waals surface area contributed by atoms with Gasteiger partial charge in [0, 0.05) is 5.56 Å². The second-order valence-corrected chi connectivity index (χ2v) is 5.86. The molecule has 2 unspecified atom stereocenters. The predicted molar refractivity (Wildman–Crippen MR) is 93.2 cm³/mol. The van der Waals surface area contributed by atoms with E-state index in [-0.39, 0.29) is 12.1 Å². The SMILES string of the molecule is CCOc1ccccc1C1CC(c2ccccc2)Nc2ncnn21. The molecule has 3 aromatic rings. The van der Waals surface area contributed by atoms with Gasteiger partial charge in [0.15, 0.2) is 0 Å². The van der Waals surface area contributed by atoms with E-state index >= 15 is 0 Å². The van der Waals surface area contributed by atoms with Gasteiger partial charge in [-0.05, 0) is 25.0 Å². The van der Waals surface area contributed by atoms with Crippen molar-refractivity contribution in [2.45, 2.75) is 25.4 Å². The van der Waals surface area contributed by atoms with Crippen molar-refractivity contribution in [3.63, 3.8) is 0 Å². The Morgan fingerprint density at radius 3 is 2.75 bits per heavy atom. The van der Waals surface area contributed by atoms with Crippen LogP contribution in [0.5, 0.6) is 5.75 Å². The van der Waals surface area contributed by atoms with Crippen molar-refractivity contribution in [1.29, 1.82) is 0 Å². The molecule has 0 amide bonds. The molecule has 2 aromatic carbocycles. The van der Waals surface area contributed by atoms with E-state index in [1.807, 2.05) is 35.9 Å². The number of para-hydroxylation sites is 1. The Balaban J connectivity index is 1.75. The Hall–Kier alpha value is -2.82. The Morgan fingerprint density at radius 1 is 1.12 bits per heavy atom. The fraction of sp³-hybridized carbons (Fsp3) is 0.263. The topological polar surface area (TPSA) is 52.0 Å². The summed E-state index contributed by atoms with van der Waals surface area (Å²) >= 11 is 0. The number of nitrogens with zero attached hydrogens (tertiary/aromatic N) is 3. The molecule has 0 saturated heterocycles. The second-order valence-electron chi connectivity index (χ2n) is 5.86. The minimum absolute atomic E-state index is 0.0942. The average Bonchev–Trinajstić information content (AvgIpc) is 3.11. The Bertz CT molecular complexity index is 815. The quantitative estimate of drug-likeness (QED) is 0.794. The minimum Gasteiger partial charge on any atom is -0.494 e. The summed E-state index contributed by atoms with van der Waals surface area (Å²) in [5.74, 6) is 1.71. The van der Waals surface area contributed by atoms with E-state index < -0.39 is 0 Å². The van der Waals surface area contributed by atoms with Crippen LogP contribution in [0.2, 0.25) is 0 Å². The number of nitrogens with one attached hydrogen (secondary N) is 1. The molecular weight excluding hydrogens is 300 g/mol. The second kappa shape index (κ2) is 6.35. The number of aromatic nitrogens is 3. The number of ether oxygens (including phenoxy) is 1. The van der Waals surface area contributed by atoms with Crippen molar-refractivity contribution >= 4 is 5.95 Å². The van der Waals surface area contributed by atoms with E-state index in [0.717, 1.165) is 23.7 Å². The first-order valence-corrected chi connectivity index (χ1v) is 8.29. The molecule has 0 saturated carbocycles. The van der Waals surface area contributed by atoms with Crippen molar-refractivity contribution in [2.75, 3.05) is 11.9 Å². The normalized spacial score (nSPS) is 19.4. The highest BCUT2D eigenvalue weighted by molar-refractivity contribution is 5.42. The molecule has 2 heterocycles. The van der Waals surface area contributed by atoms with E-state index in [2.05, 4.69) is 45.7 Å². The third-order valence-corrected chi connectivity index (χ3v) is 4.41. The van der Waals surface area contributed by atoms with Crippen LogP contribution >= 0.6 is 0 Å². The van der Waals surface area contributed by atoms with E-state index in [0.29, 0.717) is 6.61 Å². The molecule has 0 radical (unpaired) electrons. The maximum absolute atomic E-state index is 5.84. The number of hydrogen-bond donors (Lipinski definition) is 1. The van der Waals surface area contributed by atoms with Gasteiger partial charge in [0.05, 0.1) is 18.7 Å². The maximum atomic E-state index is 5.84. The van der Waals surface area contributed by atoms with Crippen molar-refractivity contribution < 1.29 is 4.74 Å². The molecule has 1 aliphatic rings. The third-order valence-electron chi connectivity index (χ3n) is 4.41. The molecule has 1 N–H and O–H groups in total. The summed E-state index contributed by atoms with van der Waals surface area (Å²) in [6.07, 6.45) is 2.50. The highest BCUT2D eigenvalue weighted by atomic mass is 16.5. The number of rotatable bonds is 4. The summed E-state index contributed by atoms with van der Waals surface area (Å²) < 4.78 is 7.80. The van der Waals surface area contributed by atoms with Gasteiger partial charge in [-0.2, -0.15) is 10.1 Å². The first-order chi connectivity index (χ1) is 11.9. The summed E-state index contributed by atoms with van der Waals surface area (Å²) in [6, 6.07) is 19.0. The summed E-state index contributed by atoms with van der Waals surface area (Å²) in [5.41, 5.74) is 2.40. The number of benzene rings is 2. The summed E-state index contributed by atoms with van der Waals surface area (Å²) in [6.45, 7) is 2.65. The van der Waals surface area contributed by atoms with Crippen LogP contribution in [-0.4, -0.2) is 21.4 Å². The Kier molecular flexibility index (Phi) is 3.91. The molecule has 1 aromatic heterocycles. The summed E-state index contributed by atoms with van der Waals surface area (Å²) in [5, 5.41) is 7.92. The van der Waals surface area contributed by atoms with Gasteiger partial charge in [0.25, 0.3) is 0 Å². The van der Waals surface area contributed by atoms with Crippen LogP contribution in [0.15, 0.2) is 60.9 Å². The zero-order chi connectivity index (χ0) is 16.4. The molecular formula is C19H20N4O. The van der Waals surface area contributed by atoms with Crippen LogP contribution in [0, 0.1) is 0 Å². The molecule has 4 rings (SSSR count). The molecule has 0 bridgehead atoms. The minimum atomic E-state index is 0.0942. The lowest BCUT2D eigenvalue weighted by molar-refractivity contribution is 0.325. The van der Waals surface area contributed by atoms with Gasteiger partial charge in [0.1, 0.15) is 12.1 Å². The van der Waals surface area contributed by atoms with Gasteiger partial charge in [-0.1, -0.05) is 48.5 Å². The van der Waals surface area contributed by atoms with Gasteiger partial charge in [-0.25, -0.2) is 4.68 Å². The Morgan fingerprint density at radius 2 is 1.92 bits per heavy atom. The lowest BCUT2D eigenvalue weighted by Crippen LogP contribution is -2.28. The highest BCUT2D eigenvalue weighted by Gasteiger charge is 2.31. The van der Waals surface area contributed by atoms with Crippen molar-refractivity contribution in [3.8, 4) is 5.75 Å². The van der Waals surface area contributed by atoms with Crippen molar-refractivity contribution in [2.24, 2.45) is 0 Å². The summed E-state index contributed by atoms with van der Waals surface area (Å²) in [7, 11) is 0.